The number of aromatic nitrogens is 4. The van der Waals surface area contributed by atoms with Crippen molar-refractivity contribution in [1.82, 2.24) is 19.7 Å². The van der Waals surface area contributed by atoms with Crippen molar-refractivity contribution >= 4 is 17.7 Å². The molecule has 2 aromatic heterocycles. The second kappa shape index (κ2) is 9.48. The Kier molecular flexibility index (Phi) is 6.55. The predicted molar refractivity (Wildman–Crippen MR) is 118 cm³/mol. The minimum atomic E-state index is -4.60. The molecule has 0 spiro atoms. The highest BCUT2D eigenvalue weighted by molar-refractivity contribution is 6.21. The van der Waals surface area contributed by atoms with Crippen LogP contribution in [0.25, 0.3) is 34.5 Å². The van der Waals surface area contributed by atoms with Gasteiger partial charge in [-0.2, -0.15) is 30.7 Å². The number of amides is 1. The molecule has 0 aliphatic carbocycles. The molecule has 13 heteroatoms. The fourth-order valence-corrected chi connectivity index (χ4v) is 3.29. The number of carbonyl (C=O) groups is 1. The first-order chi connectivity index (χ1) is 17.3. The smallest absolute Gasteiger partial charge is 0.365 e. The Labute approximate surface area is 203 Å². The van der Waals surface area contributed by atoms with Gasteiger partial charge in [-0.1, -0.05) is 30.3 Å². The average Bonchev–Trinajstić information content (AvgIpc) is 3.25. The minimum absolute atomic E-state index is 0.0706. The minimum Gasteiger partial charge on any atom is -0.365 e. The Bertz CT molecular complexity index is 1470. The average molecular weight is 521 g/mol. The van der Waals surface area contributed by atoms with Crippen molar-refractivity contribution < 1.29 is 35.5 Å². The Morgan fingerprint density at radius 1 is 0.784 bits per heavy atom. The zero-order valence-corrected chi connectivity index (χ0v) is 18.3. The highest BCUT2D eigenvalue weighted by Crippen LogP contribution is 2.33. The molecular weight excluding hydrogens is 507 g/mol. The van der Waals surface area contributed by atoms with Crippen molar-refractivity contribution in [3.63, 3.8) is 0 Å². The van der Waals surface area contributed by atoms with Gasteiger partial charge in [-0.25, -0.2) is 14.6 Å². The maximum atomic E-state index is 13.7. The molecule has 4 aromatic rings. The molecule has 2 heterocycles. The third-order valence-electron chi connectivity index (χ3n) is 5.08. The van der Waals surface area contributed by atoms with Gasteiger partial charge in [0.2, 0.25) is 5.95 Å². The summed E-state index contributed by atoms with van der Waals surface area (Å²) in [5.74, 6) is -2.10. The molecular formula is C24H14F7N5O. The quantitative estimate of drug-likeness (QED) is 0.208. The van der Waals surface area contributed by atoms with Crippen LogP contribution < -0.4 is 5.73 Å². The van der Waals surface area contributed by atoms with E-state index < -0.39 is 35.3 Å². The molecule has 0 aliphatic heterocycles. The van der Waals surface area contributed by atoms with E-state index in [4.69, 9.17) is 5.73 Å². The maximum Gasteiger partial charge on any atom is 0.416 e. The second-order valence-electron chi connectivity index (χ2n) is 7.61. The molecule has 0 unspecified atom stereocenters. The van der Waals surface area contributed by atoms with Gasteiger partial charge in [0.1, 0.15) is 0 Å². The molecule has 4 rings (SSSR count). The van der Waals surface area contributed by atoms with Crippen molar-refractivity contribution in [2.75, 3.05) is 0 Å². The number of nitrogens with two attached hydrogens (primary N) is 1. The van der Waals surface area contributed by atoms with E-state index in [0.29, 0.717) is 0 Å². The van der Waals surface area contributed by atoms with Gasteiger partial charge < -0.3 is 5.73 Å². The van der Waals surface area contributed by atoms with Gasteiger partial charge in [0.25, 0.3) is 5.91 Å². The standard InChI is InChI=1S/C24H14F7N5O/c25-19-3-1-2-18(33-19)17(20(32)37)12-36-22(14-6-10-16(11-7-14)24(29,30)31)34-21(35-36)13-4-8-15(9-5-13)23(26,27)28/h1-12H,(H2,32,37)/b17-12+. The number of alkyl halides is 6. The number of benzene rings is 2. The summed E-state index contributed by atoms with van der Waals surface area (Å²) in [5.41, 5.74) is 3.41. The fourth-order valence-electron chi connectivity index (χ4n) is 3.29. The molecule has 1 amide bonds. The third kappa shape index (κ3) is 5.66. The molecule has 0 aliphatic rings. The molecule has 0 fully saturated rings. The summed E-state index contributed by atoms with van der Waals surface area (Å²) in [6.07, 6.45) is -8.12. The van der Waals surface area contributed by atoms with Crippen molar-refractivity contribution in [2.45, 2.75) is 12.4 Å². The number of rotatable bonds is 5. The number of hydrogen-bond donors (Lipinski definition) is 1. The number of primary amides is 1. The fraction of sp³-hybridized carbons (Fsp3) is 0.0833. The lowest BCUT2D eigenvalue weighted by molar-refractivity contribution is -0.138. The lowest BCUT2D eigenvalue weighted by Crippen LogP contribution is -2.15. The SMILES string of the molecule is NC(=O)/C(=C/n1nc(-c2ccc(C(F)(F)F)cc2)nc1-c1ccc(C(F)(F)F)cc1)c1cccc(F)n1. The number of carbonyl (C=O) groups excluding carboxylic acids is 1. The molecule has 6 nitrogen and oxygen atoms in total. The van der Waals surface area contributed by atoms with Crippen LogP contribution in [0.2, 0.25) is 0 Å². The Morgan fingerprint density at radius 2 is 1.32 bits per heavy atom. The highest BCUT2D eigenvalue weighted by Gasteiger charge is 2.31. The number of halogens is 7. The Morgan fingerprint density at radius 3 is 1.81 bits per heavy atom. The first-order valence-corrected chi connectivity index (χ1v) is 10.3. The Hall–Kier alpha value is -4.55. The van der Waals surface area contributed by atoms with Gasteiger partial charge >= 0.3 is 12.4 Å². The molecule has 190 valence electrons. The maximum absolute atomic E-state index is 13.7. The van der Waals surface area contributed by atoms with E-state index >= 15 is 0 Å². The van der Waals surface area contributed by atoms with E-state index in [2.05, 4.69) is 15.1 Å². The lowest BCUT2D eigenvalue weighted by Gasteiger charge is -2.08. The topological polar surface area (TPSA) is 86.7 Å². The molecule has 0 saturated heterocycles. The number of pyridine rings is 1. The highest BCUT2D eigenvalue weighted by atomic mass is 19.4. The predicted octanol–water partition coefficient (Wildman–Crippen LogP) is 5.67. The zero-order chi connectivity index (χ0) is 27.0. The van der Waals surface area contributed by atoms with Crippen LogP contribution in [0.1, 0.15) is 16.8 Å². The summed E-state index contributed by atoms with van der Waals surface area (Å²) >= 11 is 0. The summed E-state index contributed by atoms with van der Waals surface area (Å²) in [5, 5.41) is 4.19. The third-order valence-corrected chi connectivity index (χ3v) is 5.08. The van der Waals surface area contributed by atoms with Gasteiger partial charge in [0.15, 0.2) is 11.6 Å². The summed E-state index contributed by atoms with van der Waals surface area (Å²) in [6.45, 7) is 0. The molecule has 0 bridgehead atoms. The van der Waals surface area contributed by atoms with Crippen LogP contribution in [0.3, 0.4) is 0 Å². The lowest BCUT2D eigenvalue weighted by atomic mass is 10.1. The summed E-state index contributed by atoms with van der Waals surface area (Å²) in [7, 11) is 0. The van der Waals surface area contributed by atoms with E-state index in [1.807, 2.05) is 0 Å². The van der Waals surface area contributed by atoms with Crippen molar-refractivity contribution in [3.8, 4) is 22.8 Å². The molecule has 2 N–H and O–H groups in total. The van der Waals surface area contributed by atoms with Crippen molar-refractivity contribution in [1.29, 1.82) is 0 Å². The van der Waals surface area contributed by atoms with E-state index in [1.165, 1.54) is 12.1 Å². The number of hydrogen-bond acceptors (Lipinski definition) is 4. The van der Waals surface area contributed by atoms with Gasteiger partial charge in [0, 0.05) is 17.3 Å². The van der Waals surface area contributed by atoms with Crippen LogP contribution in [0, 0.1) is 5.95 Å². The summed E-state index contributed by atoms with van der Waals surface area (Å²) in [6, 6.07) is 11.3. The van der Waals surface area contributed by atoms with Crippen molar-refractivity contribution in [2.24, 2.45) is 5.73 Å². The molecule has 0 saturated carbocycles. The largest absolute Gasteiger partial charge is 0.416 e. The monoisotopic (exact) mass is 521 g/mol. The van der Waals surface area contributed by atoms with Crippen LogP contribution in [-0.2, 0) is 17.1 Å². The first kappa shape index (κ1) is 25.5. The summed E-state index contributed by atoms with van der Waals surface area (Å²) < 4.78 is 92.5. The van der Waals surface area contributed by atoms with E-state index in [0.717, 1.165) is 65.5 Å². The second-order valence-corrected chi connectivity index (χ2v) is 7.61. The van der Waals surface area contributed by atoms with Crippen LogP contribution in [-0.4, -0.2) is 25.7 Å². The summed E-state index contributed by atoms with van der Waals surface area (Å²) in [4.78, 5) is 20.0. The van der Waals surface area contributed by atoms with Gasteiger partial charge in [-0.3, -0.25) is 4.79 Å². The van der Waals surface area contributed by atoms with Gasteiger partial charge in [-0.05, 0) is 36.4 Å². The van der Waals surface area contributed by atoms with Gasteiger partial charge in [-0.15, -0.1) is 5.10 Å². The molecule has 37 heavy (non-hydrogen) atoms. The molecule has 0 radical (unpaired) electrons. The molecule has 0 atom stereocenters. The van der Waals surface area contributed by atoms with Crippen LogP contribution in [0.15, 0.2) is 66.7 Å². The number of nitrogens with zero attached hydrogens (tertiary/aromatic N) is 4. The van der Waals surface area contributed by atoms with Crippen LogP contribution in [0.4, 0.5) is 30.7 Å². The van der Waals surface area contributed by atoms with E-state index in [1.54, 1.807) is 0 Å². The van der Waals surface area contributed by atoms with Gasteiger partial charge in [0.05, 0.1) is 22.4 Å². The normalized spacial score (nSPS) is 12.6. The Balaban J connectivity index is 1.87. The van der Waals surface area contributed by atoms with Crippen LogP contribution >= 0.6 is 0 Å². The first-order valence-electron chi connectivity index (χ1n) is 10.3. The van der Waals surface area contributed by atoms with E-state index in [-0.39, 0.29) is 34.0 Å². The molecule has 2 aromatic carbocycles. The van der Waals surface area contributed by atoms with E-state index in [9.17, 15) is 35.5 Å². The zero-order valence-electron chi connectivity index (χ0n) is 18.3. The van der Waals surface area contributed by atoms with Crippen LogP contribution in [0.5, 0.6) is 0 Å². The van der Waals surface area contributed by atoms with Crippen molar-refractivity contribution in [3.05, 3.63) is 89.5 Å².